The maximum absolute atomic E-state index is 5.75. The molecule has 0 saturated carbocycles. The highest BCUT2D eigenvalue weighted by molar-refractivity contribution is 5.50. The molecule has 6 nitrogen and oxygen atoms in total. The van der Waals surface area contributed by atoms with Gasteiger partial charge in [0, 0.05) is 11.5 Å². The van der Waals surface area contributed by atoms with E-state index in [1.807, 2.05) is 0 Å². The monoisotopic (exact) mass is 218 g/mol. The lowest BCUT2D eigenvalue weighted by molar-refractivity contribution is 0.568. The summed E-state index contributed by atoms with van der Waals surface area (Å²) < 4.78 is 0. The standard InChI is InChI=1S/C10H14N6/c1-10(2,3)7-4-8(11)14-9(13-7)6-5-12-16-15-6/h4-5H,1-3H3,(H2,11,13,14)(H,12,15,16). The van der Waals surface area contributed by atoms with E-state index >= 15 is 0 Å². The zero-order valence-corrected chi connectivity index (χ0v) is 9.52. The van der Waals surface area contributed by atoms with Crippen LogP contribution >= 0.6 is 0 Å². The van der Waals surface area contributed by atoms with Crippen LogP contribution in [0.15, 0.2) is 12.3 Å². The first kappa shape index (κ1) is 10.5. The molecule has 0 unspecified atom stereocenters. The van der Waals surface area contributed by atoms with Crippen molar-refractivity contribution in [2.24, 2.45) is 0 Å². The Morgan fingerprint density at radius 2 is 2.00 bits per heavy atom. The molecule has 2 heterocycles. The van der Waals surface area contributed by atoms with E-state index in [0.717, 1.165) is 5.69 Å². The molecule has 0 atom stereocenters. The average Bonchev–Trinajstić information content (AvgIpc) is 2.68. The Morgan fingerprint density at radius 1 is 1.25 bits per heavy atom. The molecule has 0 amide bonds. The highest BCUT2D eigenvalue weighted by Gasteiger charge is 2.18. The normalized spacial score (nSPS) is 11.7. The van der Waals surface area contributed by atoms with E-state index in [9.17, 15) is 0 Å². The van der Waals surface area contributed by atoms with Gasteiger partial charge in [-0.05, 0) is 0 Å². The Labute approximate surface area is 93.3 Å². The van der Waals surface area contributed by atoms with E-state index in [1.165, 1.54) is 0 Å². The van der Waals surface area contributed by atoms with Gasteiger partial charge in [-0.1, -0.05) is 20.8 Å². The van der Waals surface area contributed by atoms with Crippen LogP contribution in [-0.4, -0.2) is 25.4 Å². The number of H-pyrrole nitrogens is 1. The van der Waals surface area contributed by atoms with Crippen LogP contribution in [-0.2, 0) is 5.41 Å². The van der Waals surface area contributed by atoms with Crippen molar-refractivity contribution in [2.75, 3.05) is 5.73 Å². The van der Waals surface area contributed by atoms with Gasteiger partial charge in [-0.2, -0.15) is 15.4 Å². The Kier molecular flexibility index (Phi) is 2.34. The second kappa shape index (κ2) is 3.55. The highest BCUT2D eigenvalue weighted by atomic mass is 15.3. The first-order valence-electron chi connectivity index (χ1n) is 4.98. The summed E-state index contributed by atoms with van der Waals surface area (Å²) in [5, 5.41) is 10.2. The molecule has 0 spiro atoms. The van der Waals surface area contributed by atoms with Gasteiger partial charge in [0.1, 0.15) is 11.5 Å². The molecule has 2 aromatic heterocycles. The Bertz CT molecular complexity index is 483. The smallest absolute Gasteiger partial charge is 0.183 e. The third kappa shape index (κ3) is 2.00. The Hall–Kier alpha value is -1.98. The van der Waals surface area contributed by atoms with E-state index in [0.29, 0.717) is 17.3 Å². The minimum Gasteiger partial charge on any atom is -0.384 e. The molecule has 6 heteroatoms. The number of anilines is 1. The molecule has 2 rings (SSSR count). The molecule has 0 aliphatic carbocycles. The van der Waals surface area contributed by atoms with Crippen molar-refractivity contribution >= 4 is 5.82 Å². The Balaban J connectivity index is 2.53. The molecule has 84 valence electrons. The molecule has 0 aliphatic rings. The average molecular weight is 218 g/mol. The summed E-state index contributed by atoms with van der Waals surface area (Å²) in [6.45, 7) is 6.21. The van der Waals surface area contributed by atoms with Gasteiger partial charge in [-0.15, -0.1) is 0 Å². The molecular weight excluding hydrogens is 204 g/mol. The maximum Gasteiger partial charge on any atom is 0.183 e. The van der Waals surface area contributed by atoms with Crippen molar-refractivity contribution in [3.05, 3.63) is 18.0 Å². The molecular formula is C10H14N6. The zero-order valence-electron chi connectivity index (χ0n) is 9.52. The first-order chi connectivity index (χ1) is 7.47. The molecule has 3 N–H and O–H groups in total. The third-order valence-corrected chi connectivity index (χ3v) is 2.16. The van der Waals surface area contributed by atoms with Crippen molar-refractivity contribution in [3.63, 3.8) is 0 Å². The zero-order chi connectivity index (χ0) is 11.8. The molecule has 0 saturated heterocycles. The molecule has 0 fully saturated rings. The minimum atomic E-state index is -0.0739. The number of hydrogen-bond donors (Lipinski definition) is 2. The minimum absolute atomic E-state index is 0.0739. The lowest BCUT2D eigenvalue weighted by Gasteiger charge is -2.18. The van der Waals surface area contributed by atoms with E-state index in [4.69, 9.17) is 5.73 Å². The Morgan fingerprint density at radius 3 is 2.56 bits per heavy atom. The van der Waals surface area contributed by atoms with Gasteiger partial charge in [-0.3, -0.25) is 0 Å². The van der Waals surface area contributed by atoms with Gasteiger partial charge in [0.25, 0.3) is 0 Å². The number of nitrogens with two attached hydrogens (primary N) is 1. The van der Waals surface area contributed by atoms with Crippen LogP contribution in [0.5, 0.6) is 0 Å². The van der Waals surface area contributed by atoms with Crippen LogP contribution in [0.3, 0.4) is 0 Å². The number of rotatable bonds is 1. The van der Waals surface area contributed by atoms with Crippen molar-refractivity contribution < 1.29 is 0 Å². The predicted octanol–water partition coefficient (Wildman–Crippen LogP) is 1.14. The summed E-state index contributed by atoms with van der Waals surface area (Å²) in [6, 6.07) is 1.78. The molecule has 16 heavy (non-hydrogen) atoms. The van der Waals surface area contributed by atoms with E-state index < -0.39 is 0 Å². The lowest BCUT2D eigenvalue weighted by Crippen LogP contribution is -2.15. The topological polar surface area (TPSA) is 93.4 Å². The quantitative estimate of drug-likeness (QED) is 0.748. The summed E-state index contributed by atoms with van der Waals surface area (Å²) in [5.74, 6) is 0.941. The molecule has 0 bridgehead atoms. The van der Waals surface area contributed by atoms with Gasteiger partial charge in [0.15, 0.2) is 5.82 Å². The second-order valence-electron chi connectivity index (χ2n) is 4.61. The molecule has 0 aromatic carbocycles. The van der Waals surface area contributed by atoms with E-state index in [-0.39, 0.29) is 5.41 Å². The van der Waals surface area contributed by atoms with Crippen LogP contribution in [0.4, 0.5) is 5.82 Å². The van der Waals surface area contributed by atoms with Gasteiger partial charge >= 0.3 is 0 Å². The summed E-state index contributed by atoms with van der Waals surface area (Å²) in [4.78, 5) is 8.57. The third-order valence-electron chi connectivity index (χ3n) is 2.16. The van der Waals surface area contributed by atoms with Crippen molar-refractivity contribution in [3.8, 4) is 11.5 Å². The summed E-state index contributed by atoms with van der Waals surface area (Å²) in [6.07, 6.45) is 1.57. The van der Waals surface area contributed by atoms with Gasteiger partial charge in [-0.25, -0.2) is 9.97 Å². The maximum atomic E-state index is 5.75. The van der Waals surface area contributed by atoms with Gasteiger partial charge in [0.2, 0.25) is 0 Å². The van der Waals surface area contributed by atoms with Crippen LogP contribution < -0.4 is 5.73 Å². The van der Waals surface area contributed by atoms with E-state index in [2.05, 4.69) is 46.1 Å². The largest absolute Gasteiger partial charge is 0.384 e. The first-order valence-corrected chi connectivity index (χ1v) is 4.98. The number of hydrogen-bond acceptors (Lipinski definition) is 5. The summed E-state index contributed by atoms with van der Waals surface area (Å²) in [5.41, 5.74) is 7.16. The number of nitrogens with one attached hydrogen (secondary N) is 1. The number of nitrogen functional groups attached to an aromatic ring is 1. The van der Waals surface area contributed by atoms with Crippen LogP contribution in [0.25, 0.3) is 11.5 Å². The fourth-order valence-electron chi connectivity index (χ4n) is 1.27. The van der Waals surface area contributed by atoms with Crippen LogP contribution in [0, 0.1) is 0 Å². The van der Waals surface area contributed by atoms with Crippen molar-refractivity contribution in [2.45, 2.75) is 26.2 Å². The van der Waals surface area contributed by atoms with Crippen LogP contribution in [0.1, 0.15) is 26.5 Å². The number of aromatic amines is 1. The SMILES string of the molecule is CC(C)(C)c1cc(N)nc(-c2cn[nH]n2)n1. The van der Waals surface area contributed by atoms with Gasteiger partial charge in [0.05, 0.1) is 11.9 Å². The molecule has 2 aromatic rings. The fourth-order valence-corrected chi connectivity index (χ4v) is 1.27. The fraction of sp³-hybridized carbons (Fsp3) is 0.400. The summed E-state index contributed by atoms with van der Waals surface area (Å²) >= 11 is 0. The second-order valence-corrected chi connectivity index (χ2v) is 4.61. The number of nitrogens with zero attached hydrogens (tertiary/aromatic N) is 4. The number of aromatic nitrogens is 5. The van der Waals surface area contributed by atoms with Gasteiger partial charge < -0.3 is 5.73 Å². The van der Waals surface area contributed by atoms with Crippen molar-refractivity contribution in [1.29, 1.82) is 0 Å². The molecule has 0 radical (unpaired) electrons. The highest BCUT2D eigenvalue weighted by Crippen LogP contribution is 2.23. The predicted molar refractivity (Wildman–Crippen MR) is 60.5 cm³/mol. The summed E-state index contributed by atoms with van der Waals surface area (Å²) in [7, 11) is 0. The lowest BCUT2D eigenvalue weighted by atomic mass is 9.92. The van der Waals surface area contributed by atoms with E-state index in [1.54, 1.807) is 12.3 Å². The van der Waals surface area contributed by atoms with Crippen molar-refractivity contribution in [1.82, 2.24) is 25.4 Å². The van der Waals surface area contributed by atoms with Crippen LogP contribution in [0.2, 0.25) is 0 Å². The molecule has 0 aliphatic heterocycles.